The monoisotopic (exact) mass is 366 g/mol. The third kappa shape index (κ3) is 1.98. The third-order valence-corrected chi connectivity index (χ3v) is 6.75. The van der Waals surface area contributed by atoms with Crippen LogP contribution in [-0.2, 0) is 0 Å². The fraction of sp³-hybridized carbons (Fsp3) is 0.125. The lowest BCUT2D eigenvalue weighted by molar-refractivity contribution is 0.859. The molecule has 4 aromatic heterocycles. The number of aromatic nitrogens is 2. The molecule has 0 amide bonds. The van der Waals surface area contributed by atoms with Crippen molar-refractivity contribution >= 4 is 48.7 Å². The van der Waals surface area contributed by atoms with E-state index in [-0.39, 0.29) is 0 Å². The van der Waals surface area contributed by atoms with Crippen LogP contribution in [0.3, 0.4) is 0 Å². The van der Waals surface area contributed by atoms with Crippen molar-refractivity contribution < 1.29 is 0 Å². The zero-order valence-electron chi connectivity index (χ0n) is 15.2. The molecule has 0 aliphatic carbocycles. The standard InChI is InChI=1S/C24H18N2S/c1-14(2)15-10-11-20(25-13-15)22-12-19-18-8-5-7-17-16-6-3-4-9-21(16)26(23(17)18)24(19)27-22/h3-14H,1-2H3. The van der Waals surface area contributed by atoms with Crippen LogP contribution in [0.4, 0.5) is 0 Å². The Morgan fingerprint density at radius 3 is 2.41 bits per heavy atom. The molecule has 130 valence electrons. The minimum Gasteiger partial charge on any atom is -0.299 e. The average Bonchev–Trinajstić information content (AvgIpc) is 3.35. The van der Waals surface area contributed by atoms with Crippen LogP contribution in [0.1, 0.15) is 25.3 Å². The van der Waals surface area contributed by atoms with Crippen LogP contribution in [0.25, 0.3) is 48.0 Å². The Hall–Kier alpha value is -2.91. The normalized spacial score (nSPS) is 12.4. The molecule has 2 nitrogen and oxygen atoms in total. The Morgan fingerprint density at radius 2 is 1.63 bits per heavy atom. The summed E-state index contributed by atoms with van der Waals surface area (Å²) in [4.78, 5) is 7.28. The predicted molar refractivity (Wildman–Crippen MR) is 116 cm³/mol. The van der Waals surface area contributed by atoms with Gasteiger partial charge in [0.25, 0.3) is 0 Å². The Morgan fingerprint density at radius 1 is 0.852 bits per heavy atom. The lowest BCUT2D eigenvalue weighted by Gasteiger charge is -2.04. The molecule has 0 fully saturated rings. The van der Waals surface area contributed by atoms with Gasteiger partial charge >= 0.3 is 0 Å². The summed E-state index contributed by atoms with van der Waals surface area (Å²) >= 11 is 1.84. The molecule has 0 bridgehead atoms. The third-order valence-electron chi connectivity index (χ3n) is 5.61. The van der Waals surface area contributed by atoms with Crippen LogP contribution in [0, 0.1) is 0 Å². The molecule has 0 unspecified atom stereocenters. The SMILES string of the molecule is CC(C)c1ccc(-c2cc3c4cccc5c6ccccc6n(c3s2)c54)nc1. The Labute approximate surface area is 161 Å². The van der Waals surface area contributed by atoms with E-state index >= 15 is 0 Å². The number of thiophene rings is 1. The minimum atomic E-state index is 0.506. The van der Waals surface area contributed by atoms with Crippen LogP contribution in [0.2, 0.25) is 0 Å². The van der Waals surface area contributed by atoms with Gasteiger partial charge in [0.1, 0.15) is 4.83 Å². The van der Waals surface area contributed by atoms with Crippen molar-refractivity contribution in [3.63, 3.8) is 0 Å². The Balaban J connectivity index is 1.67. The highest BCUT2D eigenvalue weighted by Gasteiger charge is 2.19. The van der Waals surface area contributed by atoms with Crippen molar-refractivity contribution in [2.75, 3.05) is 0 Å². The summed E-state index contributed by atoms with van der Waals surface area (Å²) < 4.78 is 2.44. The molecule has 0 atom stereocenters. The number of pyridine rings is 1. The molecule has 0 aliphatic heterocycles. The molecule has 0 radical (unpaired) electrons. The first kappa shape index (κ1) is 15.2. The average molecular weight is 366 g/mol. The number of hydrogen-bond donors (Lipinski definition) is 0. The van der Waals surface area contributed by atoms with Crippen molar-refractivity contribution in [2.24, 2.45) is 0 Å². The smallest absolute Gasteiger partial charge is 0.109 e. The van der Waals surface area contributed by atoms with Gasteiger partial charge < -0.3 is 0 Å². The summed E-state index contributed by atoms with van der Waals surface area (Å²) in [5.41, 5.74) is 4.97. The maximum Gasteiger partial charge on any atom is 0.109 e. The van der Waals surface area contributed by atoms with Crippen LogP contribution in [0.5, 0.6) is 0 Å². The fourth-order valence-corrected chi connectivity index (χ4v) is 5.38. The van der Waals surface area contributed by atoms with E-state index in [1.54, 1.807) is 0 Å². The largest absolute Gasteiger partial charge is 0.299 e. The zero-order chi connectivity index (χ0) is 18.1. The molecule has 27 heavy (non-hydrogen) atoms. The van der Waals surface area contributed by atoms with Crippen LogP contribution in [-0.4, -0.2) is 9.38 Å². The molecular weight excluding hydrogens is 348 g/mol. The van der Waals surface area contributed by atoms with Gasteiger partial charge in [0.2, 0.25) is 0 Å². The van der Waals surface area contributed by atoms with Gasteiger partial charge in [0.05, 0.1) is 21.6 Å². The summed E-state index contributed by atoms with van der Waals surface area (Å²) in [7, 11) is 0. The molecule has 4 heterocycles. The highest BCUT2D eigenvalue weighted by atomic mass is 32.1. The van der Waals surface area contributed by atoms with Crippen molar-refractivity contribution in [3.05, 3.63) is 72.4 Å². The van der Waals surface area contributed by atoms with E-state index in [1.807, 2.05) is 17.5 Å². The van der Waals surface area contributed by atoms with E-state index in [9.17, 15) is 0 Å². The topological polar surface area (TPSA) is 17.3 Å². The first-order valence-corrected chi connectivity index (χ1v) is 10.2. The molecule has 0 spiro atoms. The van der Waals surface area contributed by atoms with Gasteiger partial charge in [-0.3, -0.25) is 9.38 Å². The van der Waals surface area contributed by atoms with Crippen molar-refractivity contribution in [1.29, 1.82) is 0 Å². The highest BCUT2D eigenvalue weighted by molar-refractivity contribution is 7.22. The maximum absolute atomic E-state index is 4.74. The van der Waals surface area contributed by atoms with E-state index in [0.717, 1.165) is 5.69 Å². The lowest BCUT2D eigenvalue weighted by atomic mass is 10.1. The second-order valence-electron chi connectivity index (χ2n) is 7.52. The Bertz CT molecular complexity index is 1430. The van der Waals surface area contributed by atoms with Gasteiger partial charge in [-0.25, -0.2) is 0 Å². The molecule has 0 saturated heterocycles. The first-order valence-electron chi connectivity index (χ1n) is 9.35. The van der Waals surface area contributed by atoms with E-state index < -0.39 is 0 Å². The van der Waals surface area contributed by atoms with Crippen molar-refractivity contribution in [1.82, 2.24) is 9.38 Å². The van der Waals surface area contributed by atoms with E-state index in [2.05, 4.69) is 78.9 Å². The summed E-state index contributed by atoms with van der Waals surface area (Å²) in [6.07, 6.45) is 2.02. The van der Waals surface area contributed by atoms with Gasteiger partial charge in [0.15, 0.2) is 0 Å². The molecule has 3 heteroatoms. The highest BCUT2D eigenvalue weighted by Crippen LogP contribution is 2.43. The fourth-order valence-electron chi connectivity index (χ4n) is 4.21. The van der Waals surface area contributed by atoms with Crippen LogP contribution in [0.15, 0.2) is 66.9 Å². The molecule has 0 N–H and O–H groups in total. The maximum atomic E-state index is 4.74. The summed E-state index contributed by atoms with van der Waals surface area (Å²) in [6, 6.07) is 22.0. The number of rotatable bonds is 2. The van der Waals surface area contributed by atoms with Crippen molar-refractivity contribution in [2.45, 2.75) is 19.8 Å². The number of nitrogens with zero attached hydrogens (tertiary/aromatic N) is 2. The van der Waals surface area contributed by atoms with Gasteiger partial charge in [0, 0.05) is 27.7 Å². The number of para-hydroxylation sites is 2. The predicted octanol–water partition coefficient (Wildman–Crippen LogP) is 7.08. The second kappa shape index (κ2) is 5.30. The van der Waals surface area contributed by atoms with E-state index in [4.69, 9.17) is 4.98 Å². The summed E-state index contributed by atoms with van der Waals surface area (Å²) in [6.45, 7) is 4.41. The second-order valence-corrected chi connectivity index (χ2v) is 8.55. The molecule has 2 aromatic carbocycles. The molecule has 6 aromatic rings. The quantitative estimate of drug-likeness (QED) is 0.320. The van der Waals surface area contributed by atoms with Gasteiger partial charge in [-0.1, -0.05) is 56.3 Å². The van der Waals surface area contributed by atoms with Crippen LogP contribution < -0.4 is 0 Å². The summed E-state index contributed by atoms with van der Waals surface area (Å²) in [5.74, 6) is 0.506. The molecule has 6 rings (SSSR count). The molecule has 0 aliphatic rings. The lowest BCUT2D eigenvalue weighted by Crippen LogP contribution is -1.89. The number of benzene rings is 2. The minimum absolute atomic E-state index is 0.506. The number of hydrogen-bond acceptors (Lipinski definition) is 2. The van der Waals surface area contributed by atoms with E-state index in [0.29, 0.717) is 5.92 Å². The van der Waals surface area contributed by atoms with Gasteiger partial charge in [-0.2, -0.15) is 0 Å². The summed E-state index contributed by atoms with van der Waals surface area (Å²) in [5, 5.41) is 5.33. The van der Waals surface area contributed by atoms with Gasteiger partial charge in [-0.15, -0.1) is 11.3 Å². The Kier molecular flexibility index (Phi) is 2.98. The number of fused-ring (bicyclic) bond motifs is 6. The van der Waals surface area contributed by atoms with Gasteiger partial charge in [-0.05, 0) is 29.7 Å². The van der Waals surface area contributed by atoms with Crippen LogP contribution >= 0.6 is 11.3 Å². The first-order chi connectivity index (χ1) is 13.2. The molecular formula is C24H18N2S. The van der Waals surface area contributed by atoms with E-state index in [1.165, 1.54) is 47.8 Å². The molecule has 0 saturated carbocycles. The zero-order valence-corrected chi connectivity index (χ0v) is 16.0. The van der Waals surface area contributed by atoms with Crippen molar-refractivity contribution in [3.8, 4) is 10.6 Å².